The third-order valence-electron chi connectivity index (χ3n) is 3.87. The second-order valence-corrected chi connectivity index (χ2v) is 5.00. The maximum atomic E-state index is 3.68. The molecule has 2 unspecified atom stereocenters. The van der Waals surface area contributed by atoms with Gasteiger partial charge in [-0.25, -0.2) is 0 Å². The summed E-state index contributed by atoms with van der Waals surface area (Å²) in [6, 6.07) is 1.54. The van der Waals surface area contributed by atoms with E-state index in [2.05, 4.69) is 31.0 Å². The zero-order valence-corrected chi connectivity index (χ0v) is 11.5. The van der Waals surface area contributed by atoms with Crippen LogP contribution in [-0.2, 0) is 0 Å². The lowest BCUT2D eigenvalue weighted by Crippen LogP contribution is -2.52. The summed E-state index contributed by atoms with van der Waals surface area (Å²) < 4.78 is 0. The Morgan fingerprint density at radius 3 is 2.50 bits per heavy atom. The van der Waals surface area contributed by atoms with Crippen LogP contribution < -0.4 is 5.32 Å². The average Bonchev–Trinajstić information content (AvgIpc) is 2.32. The van der Waals surface area contributed by atoms with Gasteiger partial charge in [-0.1, -0.05) is 40.0 Å². The maximum absolute atomic E-state index is 3.68. The molecule has 96 valence electrons. The Bertz CT molecular complexity index is 168. The molecule has 0 aromatic rings. The molecule has 1 saturated carbocycles. The van der Waals surface area contributed by atoms with Crippen LogP contribution in [0.25, 0.3) is 0 Å². The topological polar surface area (TPSA) is 15.3 Å². The maximum Gasteiger partial charge on any atom is 0.0249 e. The zero-order chi connectivity index (χ0) is 11.8. The lowest BCUT2D eigenvalue weighted by Gasteiger charge is -2.40. The summed E-state index contributed by atoms with van der Waals surface area (Å²) in [5.74, 6) is 0. The van der Waals surface area contributed by atoms with Crippen LogP contribution in [0.1, 0.15) is 59.3 Å². The number of rotatable bonds is 7. The van der Waals surface area contributed by atoms with E-state index in [-0.39, 0.29) is 0 Å². The minimum atomic E-state index is 0.746. The standard InChI is InChI=1S/C14H30N2/c1-4-7-12-16(6-3)14-11-9-8-10-13(14)15-5-2/h13-15H,4-12H2,1-3H3. The van der Waals surface area contributed by atoms with E-state index >= 15 is 0 Å². The molecule has 0 saturated heterocycles. The van der Waals surface area contributed by atoms with Crippen LogP contribution in [0.5, 0.6) is 0 Å². The number of hydrogen-bond donors (Lipinski definition) is 1. The van der Waals surface area contributed by atoms with Gasteiger partial charge in [0.15, 0.2) is 0 Å². The first-order valence-corrected chi connectivity index (χ1v) is 7.30. The van der Waals surface area contributed by atoms with E-state index in [1.54, 1.807) is 0 Å². The fraction of sp³-hybridized carbons (Fsp3) is 1.00. The van der Waals surface area contributed by atoms with Gasteiger partial charge < -0.3 is 5.32 Å². The summed E-state index contributed by atoms with van der Waals surface area (Å²) in [5, 5.41) is 3.68. The van der Waals surface area contributed by atoms with E-state index in [1.807, 2.05) is 0 Å². The van der Waals surface area contributed by atoms with Gasteiger partial charge in [0.1, 0.15) is 0 Å². The van der Waals surface area contributed by atoms with Crippen LogP contribution in [0.15, 0.2) is 0 Å². The average molecular weight is 226 g/mol. The summed E-state index contributed by atoms with van der Waals surface area (Å²) in [4.78, 5) is 2.70. The van der Waals surface area contributed by atoms with Crippen LogP contribution in [-0.4, -0.2) is 36.6 Å². The van der Waals surface area contributed by atoms with Crippen LogP contribution in [0.2, 0.25) is 0 Å². The second-order valence-electron chi connectivity index (χ2n) is 5.00. The fourth-order valence-corrected chi connectivity index (χ4v) is 2.97. The van der Waals surface area contributed by atoms with Gasteiger partial charge in [0, 0.05) is 12.1 Å². The highest BCUT2D eigenvalue weighted by Gasteiger charge is 2.28. The first-order valence-electron chi connectivity index (χ1n) is 7.30. The van der Waals surface area contributed by atoms with E-state index < -0.39 is 0 Å². The zero-order valence-electron chi connectivity index (χ0n) is 11.5. The molecule has 2 atom stereocenters. The van der Waals surface area contributed by atoms with E-state index in [9.17, 15) is 0 Å². The van der Waals surface area contributed by atoms with E-state index in [1.165, 1.54) is 51.6 Å². The molecule has 2 nitrogen and oxygen atoms in total. The van der Waals surface area contributed by atoms with Crippen LogP contribution in [0.4, 0.5) is 0 Å². The van der Waals surface area contributed by atoms with Gasteiger partial charge in [0.2, 0.25) is 0 Å². The first-order chi connectivity index (χ1) is 7.83. The Morgan fingerprint density at radius 1 is 1.12 bits per heavy atom. The highest BCUT2D eigenvalue weighted by molar-refractivity contribution is 4.87. The molecule has 1 rings (SSSR count). The van der Waals surface area contributed by atoms with Gasteiger partial charge in [0.25, 0.3) is 0 Å². The van der Waals surface area contributed by atoms with Crippen molar-refractivity contribution in [2.75, 3.05) is 19.6 Å². The van der Waals surface area contributed by atoms with Crippen molar-refractivity contribution in [2.45, 2.75) is 71.4 Å². The molecule has 0 aliphatic heterocycles. The van der Waals surface area contributed by atoms with Crippen molar-refractivity contribution < 1.29 is 0 Å². The van der Waals surface area contributed by atoms with Gasteiger partial charge in [-0.05, 0) is 38.9 Å². The molecule has 0 aromatic heterocycles. The van der Waals surface area contributed by atoms with Crippen LogP contribution in [0, 0.1) is 0 Å². The molecule has 1 aliphatic carbocycles. The Balaban J connectivity index is 2.49. The summed E-state index contributed by atoms with van der Waals surface area (Å²) >= 11 is 0. The van der Waals surface area contributed by atoms with Gasteiger partial charge in [0.05, 0.1) is 0 Å². The number of unbranched alkanes of at least 4 members (excludes halogenated alkanes) is 1. The quantitative estimate of drug-likeness (QED) is 0.718. The molecule has 1 fully saturated rings. The molecular weight excluding hydrogens is 196 g/mol. The minimum Gasteiger partial charge on any atom is -0.313 e. The largest absolute Gasteiger partial charge is 0.313 e. The first kappa shape index (κ1) is 14.0. The molecule has 1 aliphatic rings. The molecule has 2 heteroatoms. The summed E-state index contributed by atoms with van der Waals surface area (Å²) in [5.41, 5.74) is 0. The SMILES string of the molecule is CCCCN(CC)C1CCCCC1NCC. The number of nitrogens with zero attached hydrogens (tertiary/aromatic N) is 1. The molecule has 0 amide bonds. The van der Waals surface area contributed by atoms with E-state index in [4.69, 9.17) is 0 Å². The van der Waals surface area contributed by atoms with Crippen molar-refractivity contribution >= 4 is 0 Å². The Labute approximate surface area is 102 Å². The monoisotopic (exact) mass is 226 g/mol. The molecule has 0 bridgehead atoms. The highest BCUT2D eigenvalue weighted by atomic mass is 15.2. The second kappa shape index (κ2) is 8.08. The van der Waals surface area contributed by atoms with Crippen LogP contribution in [0.3, 0.4) is 0 Å². The van der Waals surface area contributed by atoms with Gasteiger partial charge in [-0.15, -0.1) is 0 Å². The molecule has 1 N–H and O–H groups in total. The minimum absolute atomic E-state index is 0.746. The Kier molecular flexibility index (Phi) is 7.06. The molecule has 0 spiro atoms. The van der Waals surface area contributed by atoms with Crippen molar-refractivity contribution in [2.24, 2.45) is 0 Å². The lowest BCUT2D eigenvalue weighted by atomic mass is 9.89. The van der Waals surface area contributed by atoms with Crippen molar-refractivity contribution in [3.05, 3.63) is 0 Å². The van der Waals surface area contributed by atoms with E-state index in [0.29, 0.717) is 0 Å². The van der Waals surface area contributed by atoms with Gasteiger partial charge >= 0.3 is 0 Å². The van der Waals surface area contributed by atoms with Crippen LogP contribution >= 0.6 is 0 Å². The lowest BCUT2D eigenvalue weighted by molar-refractivity contribution is 0.126. The van der Waals surface area contributed by atoms with Crippen molar-refractivity contribution in [3.63, 3.8) is 0 Å². The normalized spacial score (nSPS) is 26.2. The predicted molar refractivity (Wildman–Crippen MR) is 71.9 cm³/mol. The molecule has 16 heavy (non-hydrogen) atoms. The van der Waals surface area contributed by atoms with Crippen molar-refractivity contribution in [1.82, 2.24) is 10.2 Å². The molecular formula is C14H30N2. The smallest absolute Gasteiger partial charge is 0.0249 e. The number of hydrogen-bond acceptors (Lipinski definition) is 2. The summed E-state index contributed by atoms with van der Waals surface area (Å²) in [7, 11) is 0. The summed E-state index contributed by atoms with van der Waals surface area (Å²) in [6.45, 7) is 10.5. The number of likely N-dealkylation sites (N-methyl/N-ethyl adjacent to an activating group) is 2. The van der Waals surface area contributed by atoms with Gasteiger partial charge in [-0.3, -0.25) is 4.90 Å². The Morgan fingerprint density at radius 2 is 1.88 bits per heavy atom. The van der Waals surface area contributed by atoms with Gasteiger partial charge in [-0.2, -0.15) is 0 Å². The number of nitrogens with one attached hydrogen (secondary N) is 1. The molecule has 0 aromatic carbocycles. The van der Waals surface area contributed by atoms with Crippen molar-refractivity contribution in [3.8, 4) is 0 Å². The summed E-state index contributed by atoms with van der Waals surface area (Å²) in [6.07, 6.45) is 8.28. The third kappa shape index (κ3) is 4.06. The van der Waals surface area contributed by atoms with Crippen molar-refractivity contribution in [1.29, 1.82) is 0 Å². The fourth-order valence-electron chi connectivity index (χ4n) is 2.97. The Hall–Kier alpha value is -0.0800. The highest BCUT2D eigenvalue weighted by Crippen LogP contribution is 2.23. The van der Waals surface area contributed by atoms with E-state index in [0.717, 1.165) is 18.6 Å². The predicted octanol–water partition coefficient (Wildman–Crippen LogP) is 3.03. The molecule has 0 heterocycles. The molecule has 0 radical (unpaired) electrons. The third-order valence-corrected chi connectivity index (χ3v) is 3.87.